The lowest BCUT2D eigenvalue weighted by Crippen LogP contribution is -2.46. The molecule has 11 nitrogen and oxygen atoms in total. The van der Waals surface area contributed by atoms with Gasteiger partial charge in [-0.1, -0.05) is 43.3 Å². The molecule has 0 aliphatic carbocycles. The summed E-state index contributed by atoms with van der Waals surface area (Å²) in [6.07, 6.45) is -2.91. The molecule has 0 radical (unpaired) electrons. The number of nitrogens with two attached hydrogens (primary N) is 2. The molecule has 0 amide bonds. The quantitative estimate of drug-likeness (QED) is 0.188. The zero-order valence-corrected chi connectivity index (χ0v) is 26.7. The van der Waals surface area contributed by atoms with Crippen molar-refractivity contribution in [1.29, 1.82) is 0 Å². The molecule has 0 saturated carbocycles. The number of aryl methyl sites for hydroxylation is 1. The van der Waals surface area contributed by atoms with Crippen LogP contribution in [-0.4, -0.2) is 62.2 Å². The van der Waals surface area contributed by atoms with Gasteiger partial charge >= 0.3 is 12.1 Å². The fourth-order valence-corrected chi connectivity index (χ4v) is 7.08. The van der Waals surface area contributed by atoms with Crippen LogP contribution in [0, 0.1) is 12.3 Å². The van der Waals surface area contributed by atoms with Gasteiger partial charge < -0.3 is 31.5 Å². The molecule has 2 aliphatic heterocycles. The van der Waals surface area contributed by atoms with Crippen molar-refractivity contribution >= 4 is 17.7 Å². The Hall–Kier alpha value is -4.69. The van der Waals surface area contributed by atoms with E-state index in [1.807, 2.05) is 36.1 Å². The Morgan fingerprint density at radius 3 is 2.42 bits per heavy atom. The third kappa shape index (κ3) is 6.67. The first kappa shape index (κ1) is 33.2. The van der Waals surface area contributed by atoms with Gasteiger partial charge in [-0.05, 0) is 66.8 Å². The summed E-state index contributed by atoms with van der Waals surface area (Å²) in [7, 11) is 0. The number of carbonyl (C=O) groups is 1. The fraction of sp³-hybridized carbons (Fsp3) is 0.412. The number of carboxylic acids is 1. The molecule has 6 rings (SSSR count). The molecule has 2 aliphatic rings. The van der Waals surface area contributed by atoms with E-state index >= 15 is 0 Å². The summed E-state index contributed by atoms with van der Waals surface area (Å²) in [4.78, 5) is 22.0. The van der Waals surface area contributed by atoms with Crippen LogP contribution in [-0.2, 0) is 11.3 Å². The van der Waals surface area contributed by atoms with Crippen LogP contribution in [0.5, 0.6) is 5.88 Å². The summed E-state index contributed by atoms with van der Waals surface area (Å²) in [5, 5.41) is 17.3. The highest BCUT2D eigenvalue weighted by atomic mass is 19.4. The van der Waals surface area contributed by atoms with Crippen molar-refractivity contribution in [2.45, 2.75) is 70.4 Å². The maximum atomic E-state index is 14.9. The smallest absolute Gasteiger partial charge is 0.429 e. The number of alkyl halides is 3. The predicted octanol–water partition coefficient (Wildman–Crippen LogP) is 5.17. The van der Waals surface area contributed by atoms with Gasteiger partial charge in [0.2, 0.25) is 17.9 Å². The van der Waals surface area contributed by atoms with Crippen molar-refractivity contribution in [2.24, 2.45) is 11.1 Å². The first-order valence-corrected chi connectivity index (χ1v) is 16.0. The van der Waals surface area contributed by atoms with Crippen molar-refractivity contribution in [1.82, 2.24) is 25.1 Å². The summed E-state index contributed by atoms with van der Waals surface area (Å²) >= 11 is 0. The molecular weight excluding hydrogens is 625 g/mol. The Labute approximate surface area is 276 Å². The number of hydrogen-bond donors (Lipinski definition) is 4. The predicted molar refractivity (Wildman–Crippen MR) is 175 cm³/mol. The Morgan fingerprint density at radius 1 is 1.10 bits per heavy atom. The number of nitrogens with one attached hydrogen (secondary N) is 1. The van der Waals surface area contributed by atoms with E-state index in [2.05, 4.69) is 20.4 Å². The number of piperidine rings is 1. The molecule has 1 spiro atoms. The summed E-state index contributed by atoms with van der Waals surface area (Å²) in [6, 6.07) is 14.7. The number of halogens is 3. The first-order valence-electron chi connectivity index (χ1n) is 16.0. The molecule has 6 N–H and O–H groups in total. The van der Waals surface area contributed by atoms with Crippen LogP contribution in [0.4, 0.5) is 24.9 Å². The number of benzene rings is 2. The third-order valence-electron chi connectivity index (χ3n) is 9.59. The molecule has 2 fully saturated rings. The first-order chi connectivity index (χ1) is 22.9. The number of carboxylic acid groups (broad SMARTS) is 1. The monoisotopic (exact) mass is 664 g/mol. The molecule has 14 heteroatoms. The standard InChI is InChI=1S/C34H39F3N8O3/c1-3-27-33(18-25(40-27)31(46)47)11-14-44(15-12-33)28-17-29(42-32(39)41-28)48-30(34(35,36)37)24-9-8-23(22-6-4-21(19-38)5-7-22)16-26(24)45-13-10-20(2)43-45/h4-10,13,16-17,25,27,30,40H,3,11-12,14-15,18-19,38H2,1-2H3,(H,46,47)(H2,39,41,42)/t25?,27?,30-/m1/s1. The lowest BCUT2D eigenvalue weighted by molar-refractivity contribution is -0.198. The minimum Gasteiger partial charge on any atom is -0.480 e. The molecule has 2 aromatic heterocycles. The molecule has 4 heterocycles. The van der Waals surface area contributed by atoms with Gasteiger partial charge in [0, 0.05) is 43.5 Å². The Kier molecular flexibility index (Phi) is 9.05. The van der Waals surface area contributed by atoms with E-state index in [0.29, 0.717) is 56.0 Å². The van der Waals surface area contributed by atoms with Crippen LogP contribution in [0.15, 0.2) is 60.8 Å². The highest BCUT2D eigenvalue weighted by molar-refractivity contribution is 5.74. The van der Waals surface area contributed by atoms with Gasteiger partial charge in [-0.3, -0.25) is 4.79 Å². The van der Waals surface area contributed by atoms with Crippen LogP contribution in [0.1, 0.15) is 55.5 Å². The van der Waals surface area contributed by atoms with Crippen LogP contribution >= 0.6 is 0 Å². The maximum absolute atomic E-state index is 14.9. The lowest BCUT2D eigenvalue weighted by Gasteiger charge is -2.43. The van der Waals surface area contributed by atoms with Gasteiger partial charge in [0.1, 0.15) is 11.9 Å². The number of ether oxygens (including phenoxy) is 1. The Morgan fingerprint density at radius 2 is 1.81 bits per heavy atom. The van der Waals surface area contributed by atoms with Crippen LogP contribution in [0.3, 0.4) is 0 Å². The third-order valence-corrected chi connectivity index (χ3v) is 9.59. The molecule has 48 heavy (non-hydrogen) atoms. The number of hydrogen-bond acceptors (Lipinski definition) is 9. The van der Waals surface area contributed by atoms with Crippen molar-refractivity contribution in [2.75, 3.05) is 23.7 Å². The number of nitrogen functional groups attached to an aromatic ring is 1. The summed E-state index contributed by atoms with van der Waals surface area (Å²) in [5.74, 6) is -1.05. The van der Waals surface area contributed by atoms with Crippen molar-refractivity contribution < 1.29 is 27.8 Å². The zero-order chi connectivity index (χ0) is 34.2. The molecule has 2 unspecified atom stereocenters. The molecule has 2 aromatic carbocycles. The SMILES string of the molecule is CCC1NC(C(=O)O)CC12CCN(c1cc(O[C@H](c3ccc(-c4ccc(CN)cc4)cc3-n3ccc(C)n3)C(F)(F)F)nc(N)n1)CC2. The van der Waals surface area contributed by atoms with Gasteiger partial charge in [0.15, 0.2) is 0 Å². The average molecular weight is 665 g/mol. The van der Waals surface area contributed by atoms with E-state index in [0.717, 1.165) is 17.5 Å². The molecule has 3 atom stereocenters. The van der Waals surface area contributed by atoms with Crippen molar-refractivity contribution in [3.8, 4) is 22.7 Å². The van der Waals surface area contributed by atoms with Crippen molar-refractivity contribution in [3.05, 3.63) is 77.6 Å². The van der Waals surface area contributed by atoms with E-state index in [9.17, 15) is 23.1 Å². The normalized spacial score (nSPS) is 19.8. The lowest BCUT2D eigenvalue weighted by atomic mass is 9.71. The maximum Gasteiger partial charge on any atom is 0.429 e. The van der Waals surface area contributed by atoms with E-state index in [1.165, 1.54) is 16.8 Å². The molecule has 254 valence electrons. The Bertz CT molecular complexity index is 1770. The van der Waals surface area contributed by atoms with Gasteiger partial charge in [-0.2, -0.15) is 28.2 Å². The fourth-order valence-electron chi connectivity index (χ4n) is 7.08. The van der Waals surface area contributed by atoms with Gasteiger partial charge in [-0.25, -0.2) is 4.68 Å². The number of aliphatic carboxylic acids is 1. The van der Waals surface area contributed by atoms with E-state index < -0.39 is 24.3 Å². The van der Waals surface area contributed by atoms with Crippen LogP contribution < -0.4 is 26.4 Å². The largest absolute Gasteiger partial charge is 0.480 e. The van der Waals surface area contributed by atoms with Crippen LogP contribution in [0.2, 0.25) is 0 Å². The van der Waals surface area contributed by atoms with Gasteiger partial charge in [0.05, 0.1) is 11.4 Å². The van der Waals surface area contributed by atoms with Crippen molar-refractivity contribution in [3.63, 3.8) is 0 Å². The summed E-state index contributed by atoms with van der Waals surface area (Å²) in [5.41, 5.74) is 14.7. The average Bonchev–Trinajstić information content (AvgIpc) is 3.66. The van der Waals surface area contributed by atoms with Crippen LogP contribution in [0.25, 0.3) is 16.8 Å². The molecule has 2 saturated heterocycles. The highest BCUT2D eigenvalue weighted by Crippen LogP contribution is 2.46. The molecular formula is C34H39F3N8O3. The van der Waals surface area contributed by atoms with Gasteiger partial charge in [0.25, 0.3) is 0 Å². The zero-order valence-electron chi connectivity index (χ0n) is 26.7. The minimum atomic E-state index is -4.83. The second-order valence-corrected chi connectivity index (χ2v) is 12.6. The van der Waals surface area contributed by atoms with Gasteiger partial charge in [-0.15, -0.1) is 0 Å². The second-order valence-electron chi connectivity index (χ2n) is 12.6. The highest BCUT2D eigenvalue weighted by Gasteiger charge is 2.50. The molecule has 0 bridgehead atoms. The summed E-state index contributed by atoms with van der Waals surface area (Å²) in [6.45, 7) is 5.22. The number of aromatic nitrogens is 4. The number of rotatable bonds is 9. The van der Waals surface area contributed by atoms with E-state index in [1.54, 1.807) is 31.3 Å². The molecule has 4 aromatic rings. The second kappa shape index (κ2) is 13.1. The minimum absolute atomic E-state index is 0.0621. The van der Waals surface area contributed by atoms with E-state index in [4.69, 9.17) is 16.2 Å². The topological polar surface area (TPSA) is 157 Å². The summed E-state index contributed by atoms with van der Waals surface area (Å²) < 4.78 is 51.7. The number of anilines is 2. The number of nitrogens with zero attached hydrogens (tertiary/aromatic N) is 5. The van der Waals surface area contributed by atoms with E-state index in [-0.39, 0.29) is 34.5 Å². The Balaban J connectivity index is 1.30.